The Morgan fingerprint density at radius 1 is 1.33 bits per heavy atom. The lowest BCUT2D eigenvalue weighted by Crippen LogP contribution is -2.47. The topological polar surface area (TPSA) is 54.7 Å². The van der Waals surface area contributed by atoms with Gasteiger partial charge in [0.2, 0.25) is 5.91 Å². The van der Waals surface area contributed by atoms with Crippen molar-refractivity contribution in [3.63, 3.8) is 0 Å². The number of nitrogens with zero attached hydrogens (tertiary/aromatic N) is 1. The van der Waals surface area contributed by atoms with Gasteiger partial charge in [0.1, 0.15) is 6.10 Å². The van der Waals surface area contributed by atoms with Crippen LogP contribution < -0.4 is 5.32 Å². The summed E-state index contributed by atoms with van der Waals surface area (Å²) in [5, 5.41) is 5.03. The van der Waals surface area contributed by atoms with Crippen LogP contribution in [0.3, 0.4) is 0 Å². The van der Waals surface area contributed by atoms with Gasteiger partial charge in [-0.05, 0) is 36.8 Å². The molecule has 0 unspecified atom stereocenters. The number of hydrogen-bond acceptors (Lipinski definition) is 5. The average Bonchev–Trinajstić information content (AvgIpc) is 3.35. The van der Waals surface area contributed by atoms with Gasteiger partial charge >= 0.3 is 0 Å². The fraction of sp³-hybridized carbons (Fsp3) is 0.500. The molecule has 1 amide bonds. The molecule has 2 saturated heterocycles. The van der Waals surface area contributed by atoms with Crippen LogP contribution in [0.25, 0.3) is 0 Å². The van der Waals surface area contributed by atoms with Crippen molar-refractivity contribution in [1.82, 2.24) is 10.2 Å². The monoisotopic (exact) mass is 346 g/mol. The van der Waals surface area contributed by atoms with Gasteiger partial charge in [0, 0.05) is 29.6 Å². The van der Waals surface area contributed by atoms with Crippen LogP contribution in [0.2, 0.25) is 0 Å². The number of ether oxygens (including phenoxy) is 1. The second kappa shape index (κ2) is 7.09. The first kappa shape index (κ1) is 15.9. The number of furan rings is 1. The van der Waals surface area contributed by atoms with Gasteiger partial charge in [0.15, 0.2) is 0 Å². The highest BCUT2D eigenvalue weighted by atomic mass is 32.1. The maximum atomic E-state index is 12.4. The Morgan fingerprint density at radius 3 is 3.08 bits per heavy atom. The van der Waals surface area contributed by atoms with Gasteiger partial charge in [-0.15, -0.1) is 11.3 Å². The number of fused-ring (bicyclic) bond motifs is 1. The molecule has 0 aromatic carbocycles. The van der Waals surface area contributed by atoms with E-state index in [0.29, 0.717) is 12.6 Å². The van der Waals surface area contributed by atoms with Gasteiger partial charge in [-0.25, -0.2) is 0 Å². The first-order valence-corrected chi connectivity index (χ1v) is 9.38. The third-order valence-corrected chi connectivity index (χ3v) is 5.81. The molecule has 128 valence electrons. The zero-order valence-electron chi connectivity index (χ0n) is 13.5. The smallest absolute Gasteiger partial charge is 0.249 e. The zero-order chi connectivity index (χ0) is 16.4. The van der Waals surface area contributed by atoms with Gasteiger partial charge in [0.05, 0.1) is 25.2 Å². The van der Waals surface area contributed by atoms with Crippen LogP contribution in [-0.4, -0.2) is 35.6 Å². The highest BCUT2D eigenvalue weighted by molar-refractivity contribution is 7.09. The molecule has 2 aromatic rings. The van der Waals surface area contributed by atoms with E-state index in [-0.39, 0.29) is 18.1 Å². The summed E-state index contributed by atoms with van der Waals surface area (Å²) in [7, 11) is 0. The summed E-state index contributed by atoms with van der Waals surface area (Å²) in [5.74, 6) is 0.0233. The zero-order valence-corrected chi connectivity index (χ0v) is 14.3. The molecule has 24 heavy (non-hydrogen) atoms. The standard InChI is InChI=1S/C18H22N2O3S/c21-18(19-10-14-2-1-9-24-14)17-4-3-15-16(23-17)5-7-20(15)11-13-6-8-22-12-13/h1-2,6,8-9,12,15-17H,3-5,7,10-11H2,(H,19,21)/t15-,16-,17+/m1/s1. The first-order chi connectivity index (χ1) is 11.8. The van der Waals surface area contributed by atoms with E-state index in [0.717, 1.165) is 32.4 Å². The predicted octanol–water partition coefficient (Wildman–Crippen LogP) is 2.78. The first-order valence-electron chi connectivity index (χ1n) is 8.50. The van der Waals surface area contributed by atoms with E-state index < -0.39 is 0 Å². The maximum absolute atomic E-state index is 12.4. The number of carbonyl (C=O) groups excluding carboxylic acids is 1. The van der Waals surface area contributed by atoms with Gasteiger partial charge in [-0.1, -0.05) is 6.07 Å². The molecular weight excluding hydrogens is 324 g/mol. The van der Waals surface area contributed by atoms with E-state index >= 15 is 0 Å². The second-order valence-electron chi connectivity index (χ2n) is 6.50. The van der Waals surface area contributed by atoms with E-state index in [1.807, 2.05) is 23.6 Å². The number of hydrogen-bond donors (Lipinski definition) is 1. The largest absolute Gasteiger partial charge is 0.472 e. The molecule has 2 aliphatic heterocycles. The Balaban J connectivity index is 1.29. The summed E-state index contributed by atoms with van der Waals surface area (Å²) >= 11 is 1.66. The molecule has 5 nitrogen and oxygen atoms in total. The number of likely N-dealkylation sites (tertiary alicyclic amines) is 1. The predicted molar refractivity (Wildman–Crippen MR) is 91.6 cm³/mol. The minimum Gasteiger partial charge on any atom is -0.472 e. The Hall–Kier alpha value is -1.63. The van der Waals surface area contributed by atoms with Crippen LogP contribution in [0.4, 0.5) is 0 Å². The summed E-state index contributed by atoms with van der Waals surface area (Å²) in [6.45, 7) is 2.51. The second-order valence-corrected chi connectivity index (χ2v) is 7.53. The van der Waals surface area contributed by atoms with E-state index in [2.05, 4.69) is 10.2 Å². The highest BCUT2D eigenvalue weighted by Crippen LogP contribution is 2.32. The third kappa shape index (κ3) is 3.41. The van der Waals surface area contributed by atoms with E-state index in [9.17, 15) is 4.79 Å². The lowest BCUT2D eigenvalue weighted by molar-refractivity contribution is -0.144. The molecule has 0 radical (unpaired) electrons. The number of thiophene rings is 1. The van der Waals surface area contributed by atoms with E-state index in [4.69, 9.17) is 9.15 Å². The summed E-state index contributed by atoms with van der Waals surface area (Å²) in [6.07, 6.45) is 6.19. The molecule has 3 atom stereocenters. The van der Waals surface area contributed by atoms with E-state index in [1.54, 1.807) is 23.9 Å². The molecule has 4 rings (SSSR count). The van der Waals surface area contributed by atoms with Crippen molar-refractivity contribution in [2.24, 2.45) is 0 Å². The molecule has 6 heteroatoms. The number of amides is 1. The molecule has 1 N–H and O–H groups in total. The van der Waals surface area contributed by atoms with Crippen molar-refractivity contribution in [3.8, 4) is 0 Å². The highest BCUT2D eigenvalue weighted by Gasteiger charge is 2.41. The quantitative estimate of drug-likeness (QED) is 0.904. The van der Waals surface area contributed by atoms with Gasteiger partial charge < -0.3 is 14.5 Å². The summed E-state index contributed by atoms with van der Waals surface area (Å²) in [5.41, 5.74) is 1.20. The number of nitrogens with one attached hydrogen (secondary N) is 1. The van der Waals surface area contributed by atoms with Crippen LogP contribution in [0, 0.1) is 0 Å². The molecule has 2 aliphatic rings. The average molecular weight is 346 g/mol. The van der Waals surface area contributed by atoms with Crippen LogP contribution in [0.1, 0.15) is 29.7 Å². The van der Waals surface area contributed by atoms with Gasteiger partial charge in [0.25, 0.3) is 0 Å². The molecule has 0 spiro atoms. The molecule has 0 saturated carbocycles. The number of rotatable bonds is 5. The molecule has 4 heterocycles. The van der Waals surface area contributed by atoms with Crippen LogP contribution in [0.15, 0.2) is 40.5 Å². The summed E-state index contributed by atoms with van der Waals surface area (Å²) in [6, 6.07) is 6.47. The third-order valence-electron chi connectivity index (χ3n) is 4.94. The lowest BCUT2D eigenvalue weighted by Gasteiger charge is -2.35. The molecule has 2 fully saturated rings. The fourth-order valence-corrected chi connectivity index (χ4v) is 4.37. The van der Waals surface area contributed by atoms with Crippen molar-refractivity contribution in [2.75, 3.05) is 6.54 Å². The Morgan fingerprint density at radius 2 is 2.29 bits per heavy atom. The Bertz CT molecular complexity index is 656. The molecule has 2 aromatic heterocycles. The van der Waals surface area contributed by atoms with Crippen molar-refractivity contribution in [1.29, 1.82) is 0 Å². The normalized spacial score (nSPS) is 27.1. The van der Waals surface area contributed by atoms with Crippen LogP contribution in [0.5, 0.6) is 0 Å². The SMILES string of the molecule is O=C(NCc1cccs1)[C@@H]1CC[C@@H]2[C@@H](CCN2Cc2ccoc2)O1. The Labute approximate surface area is 145 Å². The minimum absolute atomic E-state index is 0.0233. The van der Waals surface area contributed by atoms with Gasteiger partial charge in [-0.3, -0.25) is 9.69 Å². The van der Waals surface area contributed by atoms with Gasteiger partial charge in [-0.2, -0.15) is 0 Å². The summed E-state index contributed by atoms with van der Waals surface area (Å²) in [4.78, 5) is 16.0. The fourth-order valence-electron chi connectivity index (χ4n) is 3.72. The lowest BCUT2D eigenvalue weighted by atomic mass is 9.98. The minimum atomic E-state index is -0.305. The molecule has 0 bridgehead atoms. The van der Waals surface area contributed by atoms with E-state index in [1.165, 1.54) is 10.4 Å². The maximum Gasteiger partial charge on any atom is 0.249 e. The summed E-state index contributed by atoms with van der Waals surface area (Å²) < 4.78 is 11.3. The Kier molecular flexibility index (Phi) is 4.69. The van der Waals surface area contributed by atoms with Crippen molar-refractivity contribution in [3.05, 3.63) is 46.5 Å². The van der Waals surface area contributed by atoms with Crippen molar-refractivity contribution >= 4 is 17.2 Å². The molecular formula is C18H22N2O3S. The van der Waals surface area contributed by atoms with Crippen LogP contribution in [-0.2, 0) is 22.6 Å². The number of carbonyl (C=O) groups is 1. The van der Waals surface area contributed by atoms with Crippen molar-refractivity contribution < 1.29 is 13.9 Å². The van der Waals surface area contributed by atoms with Crippen LogP contribution >= 0.6 is 11.3 Å². The van der Waals surface area contributed by atoms with Crippen molar-refractivity contribution in [2.45, 2.75) is 50.6 Å². The molecule has 0 aliphatic carbocycles.